The second-order valence-electron chi connectivity index (χ2n) is 13.1. The Hall–Kier alpha value is -5.12. The Labute approximate surface area is 276 Å². The molecule has 1 N–H and O–H groups in total. The maximum absolute atomic E-state index is 13.8. The predicted octanol–water partition coefficient (Wildman–Crippen LogP) is 3.74. The van der Waals surface area contributed by atoms with E-state index in [1.165, 1.54) is 18.9 Å². The van der Waals surface area contributed by atoms with Crippen molar-refractivity contribution < 1.29 is 38.4 Å². The molecule has 2 unspecified atom stereocenters. The van der Waals surface area contributed by atoms with Crippen molar-refractivity contribution in [3.05, 3.63) is 74.8 Å². The minimum Gasteiger partial charge on any atom is -0.504 e. The van der Waals surface area contributed by atoms with E-state index in [4.69, 9.17) is 18.9 Å². The molecule has 1 saturated heterocycles. The zero-order chi connectivity index (χ0) is 33.8. The molecule has 12 heteroatoms. The third-order valence-corrected chi connectivity index (χ3v) is 10.7. The number of imide groups is 1. The van der Waals surface area contributed by atoms with Crippen LogP contribution in [0.25, 0.3) is 0 Å². The average Bonchev–Trinajstić information content (AvgIpc) is 3.64. The summed E-state index contributed by atoms with van der Waals surface area (Å²) in [5, 5.41) is 22.6. The molecule has 5 aliphatic heterocycles. The average molecular weight is 651 g/mol. The molecule has 0 spiro atoms. The zero-order valence-electron chi connectivity index (χ0n) is 27.2. The van der Waals surface area contributed by atoms with Crippen LogP contribution in [0.3, 0.4) is 0 Å². The standard InChI is InChI=1S/C36H34N4O8/c1-16-10-19-11-23-25(13-37)40-24(29(38(23)4)27(19)30(42)31(16)45-5)12-22-28(34-33(46-15-47-34)17(2)32(22)48-18(3)41)26(40)14-39-35(43)20-8-6-7-9-21(20)36(39)44/h6-10,23-26,29,42H,11-12,14-15H2,1-5H3/t23-,24?,25+,26?,29+/m1/s1. The second kappa shape index (κ2) is 10.7. The molecule has 12 nitrogen and oxygen atoms in total. The number of rotatable bonds is 4. The van der Waals surface area contributed by atoms with Crippen molar-refractivity contribution in [1.29, 1.82) is 5.26 Å². The molecule has 246 valence electrons. The quantitative estimate of drug-likeness (QED) is 0.251. The van der Waals surface area contributed by atoms with Crippen molar-refractivity contribution in [3.63, 3.8) is 0 Å². The number of piperazine rings is 1. The van der Waals surface area contributed by atoms with Crippen molar-refractivity contribution in [2.24, 2.45) is 0 Å². The van der Waals surface area contributed by atoms with Crippen molar-refractivity contribution in [2.45, 2.75) is 63.8 Å². The van der Waals surface area contributed by atoms with E-state index in [2.05, 4.69) is 15.9 Å². The highest BCUT2D eigenvalue weighted by Crippen LogP contribution is 2.58. The SMILES string of the molecule is COc1c(C)cc2c(c1O)[C@@H]1C3Cc4c(OC(C)=O)c(C)c5c(c4C(CN4C(=O)c6ccccc6C4=O)N3[C@@H](C#N)[C@@H](C2)N1C)OCO5. The normalized spacial score (nSPS) is 25.2. The fourth-order valence-electron chi connectivity index (χ4n) is 8.87. The topological polar surface area (TPSA) is 142 Å². The lowest BCUT2D eigenvalue weighted by Gasteiger charge is -2.60. The summed E-state index contributed by atoms with van der Waals surface area (Å²) < 4.78 is 23.6. The highest BCUT2D eigenvalue weighted by atomic mass is 16.7. The van der Waals surface area contributed by atoms with E-state index < -0.39 is 42.0 Å². The predicted molar refractivity (Wildman–Crippen MR) is 169 cm³/mol. The van der Waals surface area contributed by atoms with E-state index in [9.17, 15) is 24.8 Å². The molecule has 5 aliphatic rings. The van der Waals surface area contributed by atoms with Gasteiger partial charge >= 0.3 is 5.97 Å². The number of methoxy groups -OCH3 is 1. The third-order valence-electron chi connectivity index (χ3n) is 10.7. The maximum atomic E-state index is 13.8. The van der Waals surface area contributed by atoms with E-state index >= 15 is 0 Å². The number of benzene rings is 3. The molecule has 5 heterocycles. The van der Waals surface area contributed by atoms with Crippen LogP contribution >= 0.6 is 0 Å². The second-order valence-corrected chi connectivity index (χ2v) is 13.1. The number of nitriles is 1. The van der Waals surface area contributed by atoms with Gasteiger partial charge in [0.1, 0.15) is 11.8 Å². The monoisotopic (exact) mass is 650 g/mol. The van der Waals surface area contributed by atoms with Crippen LogP contribution in [-0.4, -0.2) is 83.2 Å². The Balaban J connectivity index is 1.38. The summed E-state index contributed by atoms with van der Waals surface area (Å²) in [7, 11) is 3.48. The number of amides is 2. The van der Waals surface area contributed by atoms with Crippen molar-refractivity contribution in [2.75, 3.05) is 27.5 Å². The first kappa shape index (κ1) is 30.2. The number of esters is 1. The van der Waals surface area contributed by atoms with Crippen LogP contribution in [-0.2, 0) is 17.6 Å². The number of aromatic hydroxyl groups is 1. The van der Waals surface area contributed by atoms with Crippen molar-refractivity contribution in [3.8, 4) is 34.8 Å². The number of carbonyl (C=O) groups excluding carboxylic acids is 3. The molecular weight excluding hydrogens is 616 g/mol. The van der Waals surface area contributed by atoms with Crippen LogP contribution in [0, 0.1) is 25.2 Å². The van der Waals surface area contributed by atoms with Crippen LogP contribution in [0.15, 0.2) is 30.3 Å². The van der Waals surface area contributed by atoms with Gasteiger partial charge in [-0.15, -0.1) is 0 Å². The molecule has 0 saturated carbocycles. The zero-order valence-corrected chi connectivity index (χ0v) is 27.2. The number of fused-ring (bicyclic) bond motifs is 10. The highest BCUT2D eigenvalue weighted by molar-refractivity contribution is 6.21. The molecule has 2 amide bonds. The van der Waals surface area contributed by atoms with Crippen LogP contribution in [0.1, 0.15) is 73.1 Å². The fourth-order valence-corrected chi connectivity index (χ4v) is 8.87. The molecule has 0 aliphatic carbocycles. The molecular formula is C36H34N4O8. The number of hydrogen-bond acceptors (Lipinski definition) is 11. The molecule has 48 heavy (non-hydrogen) atoms. The highest BCUT2D eigenvalue weighted by Gasteiger charge is 2.57. The number of ether oxygens (including phenoxy) is 4. The van der Waals surface area contributed by atoms with Crippen LogP contribution < -0.4 is 18.9 Å². The number of likely N-dealkylation sites (N-methyl/N-ethyl adjacent to an activating group) is 1. The number of aryl methyl sites for hydroxylation is 1. The molecule has 0 radical (unpaired) electrons. The van der Waals surface area contributed by atoms with Crippen molar-refractivity contribution >= 4 is 17.8 Å². The summed E-state index contributed by atoms with van der Waals surface area (Å²) in [6.45, 7) is 4.86. The molecule has 1 fully saturated rings. The maximum Gasteiger partial charge on any atom is 0.308 e. The number of carbonyl (C=O) groups is 3. The van der Waals surface area contributed by atoms with Gasteiger partial charge in [-0.3, -0.25) is 29.1 Å². The fraction of sp³-hybridized carbons (Fsp3) is 0.389. The lowest BCUT2D eigenvalue weighted by molar-refractivity contribution is -0.132. The Bertz CT molecular complexity index is 1970. The summed E-state index contributed by atoms with van der Waals surface area (Å²) in [6, 6.07) is 8.71. The molecule has 2 bridgehead atoms. The Kier molecular flexibility index (Phi) is 6.74. The van der Waals surface area contributed by atoms with Gasteiger partial charge in [-0.25, -0.2) is 0 Å². The van der Waals surface area contributed by atoms with Gasteiger partial charge in [-0.05, 0) is 57.0 Å². The summed E-state index contributed by atoms with van der Waals surface area (Å²) in [5.41, 5.74) is 4.94. The lowest BCUT2D eigenvalue weighted by atomic mass is 9.71. The number of hydrogen-bond donors (Lipinski definition) is 1. The smallest absolute Gasteiger partial charge is 0.308 e. The van der Waals surface area contributed by atoms with E-state index in [1.807, 2.05) is 20.0 Å². The van der Waals surface area contributed by atoms with Crippen molar-refractivity contribution in [1.82, 2.24) is 14.7 Å². The molecule has 3 aromatic carbocycles. The number of phenolic OH excluding ortho intramolecular Hbond substituents is 1. The lowest BCUT2D eigenvalue weighted by Crippen LogP contribution is -2.68. The van der Waals surface area contributed by atoms with Crippen LogP contribution in [0.5, 0.6) is 28.7 Å². The van der Waals surface area contributed by atoms with Gasteiger partial charge in [0.15, 0.2) is 23.0 Å². The van der Waals surface area contributed by atoms with E-state index in [0.717, 1.165) is 11.1 Å². The van der Waals surface area contributed by atoms with Crippen LogP contribution in [0.2, 0.25) is 0 Å². The summed E-state index contributed by atoms with van der Waals surface area (Å²) in [6.07, 6.45) is 0.794. The van der Waals surface area contributed by atoms with E-state index in [-0.39, 0.29) is 25.1 Å². The van der Waals surface area contributed by atoms with Gasteiger partial charge < -0.3 is 24.1 Å². The van der Waals surface area contributed by atoms with E-state index in [0.29, 0.717) is 69.2 Å². The first-order valence-corrected chi connectivity index (χ1v) is 15.9. The van der Waals surface area contributed by atoms with Gasteiger partial charge in [0, 0.05) is 47.8 Å². The first-order valence-electron chi connectivity index (χ1n) is 15.9. The molecule has 8 rings (SSSR count). The summed E-state index contributed by atoms with van der Waals surface area (Å²) in [4.78, 5) is 45.6. The van der Waals surface area contributed by atoms with Gasteiger partial charge in [0.05, 0.1) is 36.4 Å². The Morgan fingerprint density at radius 2 is 1.73 bits per heavy atom. The number of nitrogens with zero attached hydrogens (tertiary/aromatic N) is 4. The van der Waals surface area contributed by atoms with Gasteiger partial charge in [0.2, 0.25) is 6.79 Å². The Morgan fingerprint density at radius 3 is 2.38 bits per heavy atom. The van der Waals surface area contributed by atoms with E-state index in [1.54, 1.807) is 31.2 Å². The third kappa shape index (κ3) is 3.98. The van der Waals surface area contributed by atoms with Crippen LogP contribution in [0.4, 0.5) is 0 Å². The number of phenols is 1. The first-order chi connectivity index (χ1) is 23.1. The van der Waals surface area contributed by atoms with Gasteiger partial charge in [-0.1, -0.05) is 18.2 Å². The summed E-state index contributed by atoms with van der Waals surface area (Å²) in [5.74, 6) is 0.250. The Morgan fingerprint density at radius 1 is 1.04 bits per heavy atom. The molecule has 5 atom stereocenters. The molecule has 3 aromatic rings. The summed E-state index contributed by atoms with van der Waals surface area (Å²) >= 11 is 0. The minimum absolute atomic E-state index is 0.0444. The van der Waals surface area contributed by atoms with Gasteiger partial charge in [0.25, 0.3) is 11.8 Å². The van der Waals surface area contributed by atoms with Gasteiger partial charge in [-0.2, -0.15) is 5.26 Å². The minimum atomic E-state index is -0.745. The largest absolute Gasteiger partial charge is 0.504 e. The molecule has 0 aromatic heterocycles.